The highest BCUT2D eigenvalue weighted by molar-refractivity contribution is 5.90. The van der Waals surface area contributed by atoms with Gasteiger partial charge in [-0.15, -0.1) is 0 Å². The van der Waals surface area contributed by atoms with E-state index in [0.29, 0.717) is 12.1 Å². The second-order valence-electron chi connectivity index (χ2n) is 5.57. The zero-order valence-corrected chi connectivity index (χ0v) is 11.2. The largest absolute Gasteiger partial charge is 0.479 e. The van der Waals surface area contributed by atoms with E-state index in [2.05, 4.69) is 10.4 Å². The molecule has 0 spiro atoms. The summed E-state index contributed by atoms with van der Waals surface area (Å²) in [6.07, 6.45) is 6.93. The van der Waals surface area contributed by atoms with Crippen molar-refractivity contribution in [2.75, 3.05) is 5.32 Å². The molecule has 1 aromatic heterocycles. The summed E-state index contributed by atoms with van der Waals surface area (Å²) >= 11 is 0. The molecule has 104 valence electrons. The van der Waals surface area contributed by atoms with Crippen LogP contribution in [0.5, 0.6) is 0 Å². The Morgan fingerprint density at radius 3 is 2.79 bits per heavy atom. The van der Waals surface area contributed by atoms with Gasteiger partial charge in [-0.05, 0) is 26.2 Å². The lowest BCUT2D eigenvalue weighted by atomic mass is 10.1. The maximum absolute atomic E-state index is 11.7. The lowest BCUT2D eigenvalue weighted by Gasteiger charge is -2.19. The van der Waals surface area contributed by atoms with Crippen molar-refractivity contribution in [2.24, 2.45) is 5.92 Å². The molecular formula is C13H19N3O3. The van der Waals surface area contributed by atoms with E-state index >= 15 is 0 Å². The number of anilines is 1. The first-order valence-corrected chi connectivity index (χ1v) is 6.48. The van der Waals surface area contributed by atoms with Crippen LogP contribution in [0.2, 0.25) is 0 Å². The van der Waals surface area contributed by atoms with Gasteiger partial charge in [-0.3, -0.25) is 9.48 Å². The number of nitrogens with one attached hydrogen (secondary N) is 1. The molecule has 6 heteroatoms. The van der Waals surface area contributed by atoms with Crippen molar-refractivity contribution in [3.63, 3.8) is 0 Å². The van der Waals surface area contributed by atoms with Crippen molar-refractivity contribution < 1.29 is 14.7 Å². The number of rotatable bonds is 6. The van der Waals surface area contributed by atoms with Gasteiger partial charge in [-0.2, -0.15) is 5.10 Å². The Balaban J connectivity index is 1.92. The van der Waals surface area contributed by atoms with E-state index in [1.807, 2.05) is 0 Å². The van der Waals surface area contributed by atoms with Gasteiger partial charge in [-0.1, -0.05) is 12.8 Å². The van der Waals surface area contributed by atoms with Crippen LogP contribution in [0.1, 0.15) is 39.5 Å². The Morgan fingerprint density at radius 2 is 2.21 bits per heavy atom. The molecule has 19 heavy (non-hydrogen) atoms. The highest BCUT2D eigenvalue weighted by Gasteiger charge is 2.30. The van der Waals surface area contributed by atoms with Crippen molar-refractivity contribution in [2.45, 2.75) is 45.1 Å². The molecular weight excluding hydrogens is 246 g/mol. The van der Waals surface area contributed by atoms with Gasteiger partial charge < -0.3 is 10.4 Å². The lowest BCUT2D eigenvalue weighted by Crippen LogP contribution is -2.35. The van der Waals surface area contributed by atoms with E-state index in [9.17, 15) is 9.59 Å². The number of carboxylic acid groups (broad SMARTS) is 1. The number of hydrogen-bond acceptors (Lipinski definition) is 3. The van der Waals surface area contributed by atoms with E-state index in [1.165, 1.54) is 23.7 Å². The summed E-state index contributed by atoms with van der Waals surface area (Å²) in [6, 6.07) is 0. The van der Waals surface area contributed by atoms with Gasteiger partial charge in [0.25, 0.3) is 0 Å². The number of aromatic nitrogens is 2. The van der Waals surface area contributed by atoms with Gasteiger partial charge in [0.15, 0.2) is 5.54 Å². The van der Waals surface area contributed by atoms with Crippen LogP contribution < -0.4 is 5.32 Å². The predicted octanol–water partition coefficient (Wildman–Crippen LogP) is 1.83. The van der Waals surface area contributed by atoms with E-state index < -0.39 is 11.5 Å². The highest BCUT2D eigenvalue weighted by Crippen LogP contribution is 2.33. The third kappa shape index (κ3) is 3.33. The average Bonchev–Trinajstić information content (AvgIpc) is 3.05. The third-order valence-corrected chi connectivity index (χ3v) is 3.44. The Bertz CT molecular complexity index is 489. The summed E-state index contributed by atoms with van der Waals surface area (Å²) in [5.74, 6) is -0.291. The smallest absolute Gasteiger partial charge is 0.331 e. The topological polar surface area (TPSA) is 84.2 Å². The van der Waals surface area contributed by atoms with E-state index in [0.717, 1.165) is 12.3 Å². The monoisotopic (exact) mass is 265 g/mol. The first-order valence-electron chi connectivity index (χ1n) is 6.48. The third-order valence-electron chi connectivity index (χ3n) is 3.44. The van der Waals surface area contributed by atoms with Crippen LogP contribution in [0, 0.1) is 5.92 Å². The van der Waals surface area contributed by atoms with Gasteiger partial charge in [0.05, 0.1) is 11.9 Å². The van der Waals surface area contributed by atoms with Gasteiger partial charge in [0, 0.05) is 12.6 Å². The van der Waals surface area contributed by atoms with Crippen LogP contribution in [0.25, 0.3) is 0 Å². The maximum atomic E-state index is 11.7. The van der Waals surface area contributed by atoms with Crippen molar-refractivity contribution in [1.29, 1.82) is 0 Å². The number of carboxylic acids is 1. The molecule has 2 N–H and O–H groups in total. The molecule has 0 atom stereocenters. The summed E-state index contributed by atoms with van der Waals surface area (Å²) in [4.78, 5) is 22.8. The Morgan fingerprint density at radius 1 is 1.53 bits per heavy atom. The Labute approximate surface area is 111 Å². The normalized spacial score (nSPS) is 15.3. The van der Waals surface area contributed by atoms with Crippen LogP contribution in [0.4, 0.5) is 5.69 Å². The SMILES string of the molecule is CC(C)(C(=O)O)n1cc(NC(=O)CCC2CC2)cn1. The molecule has 1 aliphatic rings. The standard InChI is InChI=1S/C13H19N3O3/c1-13(2,12(18)19)16-8-10(7-14-16)15-11(17)6-5-9-3-4-9/h7-9H,3-6H2,1-2H3,(H,15,17)(H,18,19). The van der Waals surface area contributed by atoms with Crippen molar-refractivity contribution in [1.82, 2.24) is 9.78 Å². The minimum absolute atomic E-state index is 0.0421. The Hall–Kier alpha value is -1.85. The maximum Gasteiger partial charge on any atom is 0.331 e. The number of carbonyl (C=O) groups excluding carboxylic acids is 1. The molecule has 2 rings (SSSR count). The molecule has 0 bridgehead atoms. The first-order chi connectivity index (χ1) is 8.89. The summed E-state index contributed by atoms with van der Waals surface area (Å²) in [7, 11) is 0. The number of nitrogens with zero attached hydrogens (tertiary/aromatic N) is 2. The fourth-order valence-corrected chi connectivity index (χ4v) is 1.76. The number of carbonyl (C=O) groups is 2. The number of hydrogen-bond donors (Lipinski definition) is 2. The fraction of sp³-hybridized carbons (Fsp3) is 0.615. The summed E-state index contributed by atoms with van der Waals surface area (Å²) < 4.78 is 1.34. The molecule has 0 radical (unpaired) electrons. The summed E-state index contributed by atoms with van der Waals surface area (Å²) in [5, 5.41) is 15.8. The van der Waals surface area contributed by atoms with Gasteiger partial charge in [0.2, 0.25) is 5.91 Å². The molecule has 6 nitrogen and oxygen atoms in total. The number of aliphatic carboxylic acids is 1. The van der Waals surface area contributed by atoms with E-state index in [4.69, 9.17) is 5.11 Å². The minimum Gasteiger partial charge on any atom is -0.479 e. The van der Waals surface area contributed by atoms with Gasteiger partial charge in [-0.25, -0.2) is 4.79 Å². The highest BCUT2D eigenvalue weighted by atomic mass is 16.4. The second kappa shape index (κ2) is 5.03. The zero-order valence-electron chi connectivity index (χ0n) is 11.2. The second-order valence-corrected chi connectivity index (χ2v) is 5.57. The minimum atomic E-state index is -1.13. The summed E-state index contributed by atoms with van der Waals surface area (Å²) in [5.41, 5.74) is -0.591. The predicted molar refractivity (Wildman–Crippen MR) is 69.8 cm³/mol. The first kappa shape index (κ1) is 13.6. The van der Waals surface area contributed by atoms with Crippen LogP contribution in [0.15, 0.2) is 12.4 Å². The lowest BCUT2D eigenvalue weighted by molar-refractivity contribution is -0.146. The molecule has 1 saturated carbocycles. The number of amides is 1. The van der Waals surface area contributed by atoms with E-state index in [1.54, 1.807) is 20.0 Å². The molecule has 1 heterocycles. The molecule has 0 saturated heterocycles. The van der Waals surface area contributed by atoms with Crippen LogP contribution >= 0.6 is 0 Å². The van der Waals surface area contributed by atoms with Crippen molar-refractivity contribution >= 4 is 17.6 Å². The van der Waals surface area contributed by atoms with Crippen LogP contribution in [-0.2, 0) is 15.1 Å². The van der Waals surface area contributed by atoms with Crippen LogP contribution in [0.3, 0.4) is 0 Å². The molecule has 1 fully saturated rings. The van der Waals surface area contributed by atoms with Crippen LogP contribution in [-0.4, -0.2) is 26.8 Å². The molecule has 0 aromatic carbocycles. The Kier molecular flexibility index (Phi) is 3.59. The molecule has 0 aliphatic heterocycles. The molecule has 1 amide bonds. The quantitative estimate of drug-likeness (QED) is 0.821. The zero-order chi connectivity index (χ0) is 14.0. The van der Waals surface area contributed by atoms with E-state index in [-0.39, 0.29) is 5.91 Å². The fourth-order valence-electron chi connectivity index (χ4n) is 1.76. The summed E-state index contributed by atoms with van der Waals surface area (Å²) in [6.45, 7) is 3.11. The van der Waals surface area contributed by atoms with Crippen molar-refractivity contribution in [3.8, 4) is 0 Å². The molecule has 0 unspecified atom stereocenters. The van der Waals surface area contributed by atoms with Gasteiger partial charge in [0.1, 0.15) is 0 Å². The average molecular weight is 265 g/mol. The van der Waals surface area contributed by atoms with Gasteiger partial charge >= 0.3 is 5.97 Å². The van der Waals surface area contributed by atoms with Crippen molar-refractivity contribution in [3.05, 3.63) is 12.4 Å². The molecule has 1 aliphatic carbocycles. The molecule has 1 aromatic rings.